The third kappa shape index (κ3) is 6.91. The Balaban J connectivity index is 0.000000190. The minimum atomic E-state index is -0.639. The molecular formula is C20H22Cl2N6OOs. The van der Waals surface area contributed by atoms with Gasteiger partial charge in [0.25, 0.3) is 0 Å². The Hall–Kier alpha value is -2.26. The van der Waals surface area contributed by atoms with Gasteiger partial charge in [0, 0.05) is 57.3 Å². The summed E-state index contributed by atoms with van der Waals surface area (Å²) in [5.74, 6) is 2.53. The molecule has 4 heterocycles. The summed E-state index contributed by atoms with van der Waals surface area (Å²) >= 11 is -0.639. The number of aromatic nitrogens is 6. The molecule has 0 radical (unpaired) electrons. The second kappa shape index (κ2) is 12.4. The van der Waals surface area contributed by atoms with Crippen LogP contribution in [-0.4, -0.2) is 36.2 Å². The summed E-state index contributed by atoms with van der Waals surface area (Å²) in [6.07, 6.45) is 10.8. The molecule has 10 heteroatoms. The molecule has 160 valence electrons. The summed E-state index contributed by atoms with van der Waals surface area (Å²) in [4.78, 5) is 16.9. The average Bonchev–Trinajstić information content (AvgIpc) is 3.37. The van der Waals surface area contributed by atoms with Gasteiger partial charge in [-0.15, -0.1) is 0 Å². The fourth-order valence-corrected chi connectivity index (χ4v) is 2.54. The topological polar surface area (TPSA) is 70.7 Å². The van der Waals surface area contributed by atoms with Gasteiger partial charge < -0.3 is 13.9 Å². The van der Waals surface area contributed by atoms with E-state index in [9.17, 15) is 0 Å². The number of nitrogens with zero attached hydrogens (tertiary/aromatic N) is 6. The molecule has 0 saturated carbocycles. The Morgan fingerprint density at radius 3 is 1.73 bits per heavy atom. The number of hydrogen-bond acceptors (Lipinski definition) is 5. The molecule has 0 unspecified atom stereocenters. The van der Waals surface area contributed by atoms with Crippen LogP contribution in [0, 0.1) is 6.92 Å². The van der Waals surface area contributed by atoms with Crippen LogP contribution in [-0.2, 0) is 29.5 Å². The predicted octanol–water partition coefficient (Wildman–Crippen LogP) is 4.66. The zero-order valence-corrected chi connectivity index (χ0v) is 21.0. The Labute approximate surface area is 191 Å². The quantitative estimate of drug-likeness (QED) is 0.332. The van der Waals surface area contributed by atoms with E-state index < -0.39 is 15.4 Å². The molecule has 0 spiro atoms. The van der Waals surface area contributed by atoms with Gasteiger partial charge in [-0.3, -0.25) is 9.97 Å². The molecular weight excluding hydrogens is 601 g/mol. The number of rotatable bonds is 3. The molecule has 7 nitrogen and oxygen atoms in total. The van der Waals surface area contributed by atoms with Crippen molar-refractivity contribution in [3.05, 3.63) is 67.0 Å². The van der Waals surface area contributed by atoms with Gasteiger partial charge >= 0.3 is 34.7 Å². The van der Waals surface area contributed by atoms with E-state index >= 15 is 0 Å². The number of pyridine rings is 2. The summed E-state index contributed by atoms with van der Waals surface area (Å²) in [6, 6.07) is 7.68. The van der Waals surface area contributed by atoms with Crippen LogP contribution in [0.25, 0.3) is 23.0 Å². The van der Waals surface area contributed by atoms with Crippen molar-refractivity contribution in [1.29, 1.82) is 0 Å². The zero-order chi connectivity index (χ0) is 21.9. The van der Waals surface area contributed by atoms with Gasteiger partial charge in [0.2, 0.25) is 0 Å². The van der Waals surface area contributed by atoms with Crippen LogP contribution in [0.1, 0.15) is 5.56 Å². The fraction of sp³-hybridized carbons (Fsp3) is 0.200. The van der Waals surface area contributed by atoms with Gasteiger partial charge in [-0.25, -0.2) is 9.97 Å². The van der Waals surface area contributed by atoms with Crippen LogP contribution < -0.4 is 4.74 Å². The van der Waals surface area contributed by atoms with Crippen molar-refractivity contribution in [1.82, 2.24) is 29.1 Å². The number of ether oxygens (including phenoxy) is 1. The van der Waals surface area contributed by atoms with Crippen molar-refractivity contribution < 1.29 is 20.1 Å². The summed E-state index contributed by atoms with van der Waals surface area (Å²) in [7, 11) is 15.3. The second-order valence-electron chi connectivity index (χ2n) is 6.07. The number of halogens is 2. The van der Waals surface area contributed by atoms with E-state index in [2.05, 4.69) is 19.9 Å². The van der Waals surface area contributed by atoms with Gasteiger partial charge in [0.15, 0.2) is 11.6 Å². The van der Waals surface area contributed by atoms with Crippen molar-refractivity contribution in [2.75, 3.05) is 7.11 Å². The van der Waals surface area contributed by atoms with E-state index in [4.69, 9.17) is 24.0 Å². The van der Waals surface area contributed by atoms with E-state index in [0.29, 0.717) is 0 Å². The Morgan fingerprint density at radius 2 is 1.30 bits per heavy atom. The summed E-state index contributed by atoms with van der Waals surface area (Å²) in [5.41, 5.74) is 2.94. The molecule has 0 N–H and O–H groups in total. The van der Waals surface area contributed by atoms with Crippen LogP contribution >= 0.6 is 19.3 Å². The average molecular weight is 624 g/mol. The molecule has 0 aliphatic carbocycles. The maximum absolute atomic E-state index is 5.12. The molecule has 0 aliphatic rings. The van der Waals surface area contributed by atoms with E-state index in [-0.39, 0.29) is 0 Å². The summed E-state index contributed by atoms with van der Waals surface area (Å²) in [5, 5.41) is 0. The normalized spacial score (nSPS) is 9.93. The maximum atomic E-state index is 5.12. The van der Waals surface area contributed by atoms with Gasteiger partial charge in [-0.2, -0.15) is 0 Å². The molecule has 0 fully saturated rings. The van der Waals surface area contributed by atoms with Gasteiger partial charge in [-0.1, -0.05) is 0 Å². The van der Waals surface area contributed by atoms with Gasteiger partial charge in [0.1, 0.15) is 17.1 Å². The van der Waals surface area contributed by atoms with Crippen molar-refractivity contribution in [3.63, 3.8) is 0 Å². The molecule has 30 heavy (non-hydrogen) atoms. The zero-order valence-electron chi connectivity index (χ0n) is 17.0. The molecule has 0 aromatic carbocycles. The first-order chi connectivity index (χ1) is 14.5. The minimum absolute atomic E-state index is 0.639. The standard InChI is InChI=1S/C10H11N3O.C10H11N3.2ClH.Os/c1-13-6-5-12-10(13)9-7-8(14-2)3-4-11-9;1-8-3-4-11-9(7-8)10-12-5-6-13(10)2;;;/h3-7H,1-2H3;3-7H,1-2H3;2*1H;/q;;;;+2/p-2. The third-order valence-corrected chi connectivity index (χ3v) is 3.98. The van der Waals surface area contributed by atoms with Gasteiger partial charge in [-0.05, 0) is 30.7 Å². The van der Waals surface area contributed by atoms with Gasteiger partial charge in [0.05, 0.1) is 7.11 Å². The van der Waals surface area contributed by atoms with E-state index in [0.717, 1.165) is 28.8 Å². The third-order valence-electron chi connectivity index (χ3n) is 3.98. The summed E-state index contributed by atoms with van der Waals surface area (Å²) < 4.78 is 8.99. The number of methoxy groups -OCH3 is 1. The van der Waals surface area contributed by atoms with Crippen molar-refractivity contribution in [2.45, 2.75) is 6.92 Å². The number of imidazole rings is 2. The summed E-state index contributed by atoms with van der Waals surface area (Å²) in [6.45, 7) is 2.05. The molecule has 0 bridgehead atoms. The van der Waals surface area contributed by atoms with E-state index in [1.54, 1.807) is 31.9 Å². The Kier molecular flexibility index (Phi) is 9.95. The Morgan fingerprint density at radius 1 is 0.800 bits per heavy atom. The van der Waals surface area contributed by atoms with Crippen LogP contribution in [0.3, 0.4) is 0 Å². The molecule has 4 aromatic heterocycles. The van der Waals surface area contributed by atoms with Crippen LogP contribution in [0.5, 0.6) is 5.75 Å². The van der Waals surface area contributed by atoms with Crippen LogP contribution in [0.15, 0.2) is 61.4 Å². The Bertz CT molecular complexity index is 1050. The molecule has 4 rings (SSSR count). The number of aryl methyl sites for hydroxylation is 3. The fourth-order valence-electron chi connectivity index (χ4n) is 2.54. The number of hydrogen-bond donors (Lipinski definition) is 0. The van der Waals surface area contributed by atoms with Crippen molar-refractivity contribution >= 4 is 19.3 Å². The SMILES string of the molecule is COc1ccnc(-c2nccn2C)c1.Cc1ccnc(-c2nccn2C)c1.[Cl][Os][Cl]. The molecule has 0 amide bonds. The second-order valence-corrected chi connectivity index (χ2v) is 9.74. The first-order valence-electron chi connectivity index (χ1n) is 8.73. The first kappa shape index (κ1) is 24.0. The van der Waals surface area contributed by atoms with Crippen LogP contribution in [0.2, 0.25) is 0 Å². The molecule has 4 aromatic rings. The molecule has 0 atom stereocenters. The first-order valence-corrected chi connectivity index (χ1v) is 15.0. The van der Waals surface area contributed by atoms with E-state index in [1.807, 2.05) is 66.8 Å². The monoisotopic (exact) mass is 624 g/mol. The predicted molar refractivity (Wildman–Crippen MR) is 116 cm³/mol. The van der Waals surface area contributed by atoms with Crippen LogP contribution in [0.4, 0.5) is 0 Å². The molecule has 0 saturated heterocycles. The molecule has 0 aliphatic heterocycles. The van der Waals surface area contributed by atoms with E-state index in [1.165, 1.54) is 5.56 Å². The van der Waals surface area contributed by atoms with Crippen molar-refractivity contribution in [3.8, 4) is 28.8 Å². The van der Waals surface area contributed by atoms with Crippen molar-refractivity contribution in [2.24, 2.45) is 14.1 Å².